The van der Waals surface area contributed by atoms with E-state index < -0.39 is 264 Å². The van der Waals surface area contributed by atoms with Crippen LogP contribution in [0.1, 0.15) is 38.4 Å². The van der Waals surface area contributed by atoms with Gasteiger partial charge >= 0.3 is 0 Å². The van der Waals surface area contributed by atoms with Gasteiger partial charge in [-0.15, -0.1) is 0 Å². The number of hydrogen-bond acceptors (Lipinski definition) is 4. The quantitative estimate of drug-likeness (QED) is 0.183. The molecular weight excluding hydrogens is 613 g/mol. The summed E-state index contributed by atoms with van der Waals surface area (Å²) in [5, 5.41) is -2.17. The Morgan fingerprint density at radius 3 is 1.58 bits per heavy atom. The van der Waals surface area contributed by atoms with Gasteiger partial charge in [0.25, 0.3) is 0 Å². The maximum absolute atomic E-state index is 9.80. The van der Waals surface area contributed by atoms with Gasteiger partial charge in [0.05, 0.1) is 49.4 Å². The van der Waals surface area contributed by atoms with Gasteiger partial charge in [0.15, 0.2) is 17.5 Å². The highest BCUT2D eigenvalue weighted by Gasteiger charge is 2.18. The van der Waals surface area contributed by atoms with Gasteiger partial charge in [0.2, 0.25) is 0 Å². The van der Waals surface area contributed by atoms with Crippen molar-refractivity contribution < 1.29 is 42.8 Å². The fourth-order valence-corrected chi connectivity index (χ4v) is 5.27. The summed E-state index contributed by atoms with van der Waals surface area (Å²) in [4.78, 5) is 12.8. The first-order valence-electron chi connectivity index (χ1n) is 28.4. The van der Waals surface area contributed by atoms with Gasteiger partial charge in [-0.05, 0) is 59.5 Å². The van der Waals surface area contributed by atoms with E-state index in [2.05, 4.69) is 15.0 Å². The Morgan fingerprint density at radius 2 is 0.900 bits per heavy atom. The first-order chi connectivity index (χ1) is 36.4. The van der Waals surface area contributed by atoms with E-state index in [4.69, 9.17) is 31.8 Å². The van der Waals surface area contributed by atoms with Crippen molar-refractivity contribution in [3.05, 3.63) is 169 Å². The van der Waals surface area contributed by atoms with Crippen LogP contribution in [-0.2, 0) is 0 Å². The van der Waals surface area contributed by atoms with Crippen molar-refractivity contribution >= 4 is 43.7 Å². The van der Waals surface area contributed by atoms with Crippen LogP contribution in [0.4, 0.5) is 0 Å². The summed E-state index contributed by atoms with van der Waals surface area (Å²) in [6.45, 7) is 0. The van der Waals surface area contributed by atoms with Gasteiger partial charge in [0.1, 0.15) is 11.2 Å². The third-order valence-corrected chi connectivity index (χ3v) is 7.43. The molecule has 0 amide bonds. The van der Waals surface area contributed by atoms with Crippen LogP contribution in [0, 0.1) is 0 Å². The summed E-state index contributed by atoms with van der Waals surface area (Å²) in [5.41, 5.74) is -6.91. The van der Waals surface area contributed by atoms with Crippen LogP contribution in [0.15, 0.2) is 174 Å². The lowest BCUT2D eigenvalue weighted by Crippen LogP contribution is -2.00. The lowest BCUT2D eigenvalue weighted by molar-refractivity contribution is 0.669. The molecule has 0 aliphatic heterocycles. The maximum atomic E-state index is 9.80. The van der Waals surface area contributed by atoms with Gasteiger partial charge < -0.3 is 8.98 Å². The number of furan rings is 1. The zero-order valence-electron chi connectivity index (χ0n) is 52.7. The van der Waals surface area contributed by atoms with E-state index in [1.807, 2.05) is 0 Å². The molecule has 0 bridgehead atoms. The molecule has 0 spiro atoms. The summed E-state index contributed by atoms with van der Waals surface area (Å²) < 4.78 is 253. The summed E-state index contributed by atoms with van der Waals surface area (Å²) >= 11 is 0. The first kappa shape index (κ1) is 11.9. The lowest BCUT2D eigenvalue weighted by atomic mass is 10.0. The Bertz CT molecular complexity index is 4320. The molecule has 0 saturated carbocycles. The van der Waals surface area contributed by atoms with E-state index in [1.54, 1.807) is 0 Å². The van der Waals surface area contributed by atoms with Gasteiger partial charge in [0, 0.05) is 50.0 Å². The molecule has 0 aliphatic carbocycles. The molecule has 50 heavy (non-hydrogen) atoms. The Morgan fingerprint density at radius 1 is 0.380 bits per heavy atom. The Hall–Kier alpha value is -6.85. The molecular formula is C45H28N4O. The number of nitrogens with zero attached hydrogens (tertiary/aromatic N) is 4. The standard InChI is InChI=1S/C45H28N4O/c1-4-12-29(13-5-1)32-20-23-36-37-24-22-34(28-42(37)50-41(36)27-32)49-39-19-11-10-18-35(39)38-26-33(21-25-40(38)49)45-47-43(30-14-6-2-7-15-30)46-44(48-45)31-16-8-3-9-17-31/h1-28H/i1D,2D,3D,4D,5D,6D,7D,8D,9D,10D,11D,12D,13D,14D,15D,16D,17D,18D,19D,20D,21D,22D,23D,24D,25D,26D,27D,28D. The number of aromatic nitrogens is 4. The summed E-state index contributed by atoms with van der Waals surface area (Å²) in [6, 6.07) is -24.6. The Balaban J connectivity index is 1.35. The van der Waals surface area contributed by atoms with Gasteiger partial charge in [-0.2, -0.15) is 0 Å². The van der Waals surface area contributed by atoms with Gasteiger partial charge in [-0.25, -0.2) is 15.0 Å². The summed E-state index contributed by atoms with van der Waals surface area (Å²) in [5.74, 6) is -2.47. The average molecular weight is 669 g/mol. The SMILES string of the molecule is [2H]c1c([2H])c([2H])c(-c2nc(-c3c([2H])c([2H])c([2H])c([2H])c3[2H])nc(-c3c([2H])c([2H])c4c(c3[2H])c3c([2H])c([2H])c([2H])c([2H])c3n4-c3c([2H])c([2H])c4c(oc5c([2H])c(-c6c([2H])c([2H])c([2H])c([2H])c6[2H])c([2H])c([2H])c54)c3[2H])n2)c([2H])c1[2H]. The molecule has 0 fully saturated rings. The fourth-order valence-electron chi connectivity index (χ4n) is 5.27. The Kier molecular flexibility index (Phi) is 2.72. The minimum absolute atomic E-state index is 0.477. The number of para-hydroxylation sites is 1. The van der Waals surface area contributed by atoms with Crippen molar-refractivity contribution in [3.63, 3.8) is 0 Å². The van der Waals surface area contributed by atoms with E-state index in [1.165, 1.54) is 0 Å². The smallest absolute Gasteiger partial charge is 0.164 e. The highest BCUT2D eigenvalue weighted by atomic mass is 16.3. The largest absolute Gasteiger partial charge is 0.456 e. The van der Waals surface area contributed by atoms with Crippen LogP contribution in [0.5, 0.6) is 0 Å². The number of fused-ring (bicyclic) bond motifs is 6. The second-order valence-corrected chi connectivity index (χ2v) is 10.3. The van der Waals surface area contributed by atoms with Crippen LogP contribution in [-0.4, -0.2) is 19.5 Å². The van der Waals surface area contributed by atoms with Crippen molar-refractivity contribution in [2.75, 3.05) is 0 Å². The molecule has 3 heterocycles. The molecule has 0 radical (unpaired) electrons. The molecule has 0 atom stereocenters. The van der Waals surface area contributed by atoms with E-state index in [-0.39, 0.29) is 0 Å². The molecule has 7 aromatic carbocycles. The molecule has 3 aromatic heterocycles. The number of benzene rings is 7. The topological polar surface area (TPSA) is 56.7 Å². The lowest BCUT2D eigenvalue weighted by Gasteiger charge is -2.10. The van der Waals surface area contributed by atoms with Crippen molar-refractivity contribution in [2.45, 2.75) is 0 Å². The maximum Gasteiger partial charge on any atom is 0.164 e. The third kappa shape index (κ3) is 4.67. The van der Waals surface area contributed by atoms with Crippen LogP contribution in [0.2, 0.25) is 0 Å². The second-order valence-electron chi connectivity index (χ2n) is 10.3. The molecule has 5 heteroatoms. The van der Waals surface area contributed by atoms with Crippen LogP contribution in [0.25, 0.3) is 94.7 Å². The van der Waals surface area contributed by atoms with Gasteiger partial charge in [-0.1, -0.05) is 115 Å². The Labute approximate surface area is 327 Å². The zero-order valence-corrected chi connectivity index (χ0v) is 24.7. The van der Waals surface area contributed by atoms with Crippen LogP contribution < -0.4 is 0 Å². The van der Waals surface area contributed by atoms with Crippen molar-refractivity contribution in [3.8, 4) is 51.0 Å². The third-order valence-electron chi connectivity index (χ3n) is 7.43. The van der Waals surface area contributed by atoms with E-state index in [0.717, 1.165) is 4.57 Å². The predicted octanol–water partition coefficient (Wildman–Crippen LogP) is 11.5. The van der Waals surface area contributed by atoms with E-state index in [0.29, 0.717) is 0 Å². The van der Waals surface area contributed by atoms with Crippen molar-refractivity contribution in [1.82, 2.24) is 19.5 Å². The summed E-state index contributed by atoms with van der Waals surface area (Å²) in [6.07, 6.45) is 0. The van der Waals surface area contributed by atoms with Crippen molar-refractivity contribution in [2.24, 2.45) is 0 Å². The minimum Gasteiger partial charge on any atom is -0.456 e. The molecule has 0 aliphatic rings. The summed E-state index contributed by atoms with van der Waals surface area (Å²) in [7, 11) is 0. The van der Waals surface area contributed by atoms with Crippen LogP contribution >= 0.6 is 0 Å². The number of hydrogen-bond donors (Lipinski definition) is 0. The molecule has 10 aromatic rings. The molecule has 0 saturated heterocycles. The molecule has 10 rings (SSSR count). The molecule has 234 valence electrons. The second kappa shape index (κ2) is 11.4. The van der Waals surface area contributed by atoms with Gasteiger partial charge in [-0.3, -0.25) is 0 Å². The first-order valence-corrected chi connectivity index (χ1v) is 14.4. The fraction of sp³-hybridized carbons (Fsp3) is 0. The van der Waals surface area contributed by atoms with E-state index >= 15 is 0 Å². The van der Waals surface area contributed by atoms with E-state index in [9.17, 15) is 11.0 Å². The van der Waals surface area contributed by atoms with Crippen LogP contribution in [0.3, 0.4) is 0 Å². The van der Waals surface area contributed by atoms with Crippen molar-refractivity contribution in [1.29, 1.82) is 0 Å². The normalized spacial score (nSPS) is 19.4. The predicted molar refractivity (Wildman–Crippen MR) is 203 cm³/mol. The molecule has 0 N–H and O–H groups in total. The minimum atomic E-state index is -1.02. The number of rotatable bonds is 5. The molecule has 0 unspecified atom stereocenters. The zero-order chi connectivity index (χ0) is 57.4. The average Bonchev–Trinajstić information content (AvgIpc) is 4.01. The highest BCUT2D eigenvalue weighted by molar-refractivity contribution is 6.11. The highest BCUT2D eigenvalue weighted by Crippen LogP contribution is 2.38. The molecule has 5 nitrogen and oxygen atoms in total. The monoisotopic (exact) mass is 668 g/mol.